The molecule has 0 spiro atoms. The lowest BCUT2D eigenvalue weighted by Crippen LogP contribution is -2.20. The van der Waals surface area contributed by atoms with Gasteiger partial charge < -0.3 is 4.74 Å². The molecule has 1 aromatic heterocycles. The normalized spacial score (nSPS) is 11.4. The fraction of sp³-hybridized carbons (Fsp3) is 0.0870. The summed E-state index contributed by atoms with van der Waals surface area (Å²) in [4.78, 5) is 17.3. The number of benzene rings is 3. The van der Waals surface area contributed by atoms with Gasteiger partial charge >= 0.3 is 0 Å². The Balaban J connectivity index is 1.60. The van der Waals surface area contributed by atoms with Crippen LogP contribution < -0.4 is 10.3 Å². The summed E-state index contributed by atoms with van der Waals surface area (Å²) in [5, 5.41) is 5.90. The summed E-state index contributed by atoms with van der Waals surface area (Å²) in [6, 6.07) is 16.3. The van der Waals surface area contributed by atoms with Gasteiger partial charge in [0.15, 0.2) is 5.75 Å². The van der Waals surface area contributed by atoms with Gasteiger partial charge in [0.1, 0.15) is 12.4 Å². The molecule has 4 rings (SSSR count). The molecule has 0 atom stereocenters. The molecule has 0 amide bonds. The Kier molecular flexibility index (Phi) is 7.00. The summed E-state index contributed by atoms with van der Waals surface area (Å²) in [5.74, 6) is 0.999. The number of aromatic nitrogens is 2. The molecule has 9 heteroatoms. The van der Waals surface area contributed by atoms with Crippen molar-refractivity contribution in [2.45, 2.75) is 13.5 Å². The van der Waals surface area contributed by atoms with E-state index in [1.807, 2.05) is 24.3 Å². The second-order valence-corrected chi connectivity index (χ2v) is 9.52. The summed E-state index contributed by atoms with van der Waals surface area (Å²) < 4.78 is 8.61. The van der Waals surface area contributed by atoms with Crippen molar-refractivity contribution >= 4 is 72.2 Å². The largest absolute Gasteiger partial charge is 0.486 e. The second-order valence-electron chi connectivity index (χ2n) is 6.91. The van der Waals surface area contributed by atoms with Crippen LogP contribution in [-0.4, -0.2) is 15.9 Å². The lowest BCUT2D eigenvalue weighted by Gasteiger charge is -2.11. The van der Waals surface area contributed by atoms with E-state index in [4.69, 9.17) is 27.9 Å². The maximum atomic E-state index is 12.9. The Morgan fingerprint density at radius 1 is 1.09 bits per heavy atom. The molecule has 0 N–H and O–H groups in total. The fourth-order valence-electron chi connectivity index (χ4n) is 3.05. The molecule has 3 aromatic carbocycles. The summed E-state index contributed by atoms with van der Waals surface area (Å²) in [5.41, 5.74) is 2.03. The quantitative estimate of drug-likeness (QED) is 0.234. The highest BCUT2D eigenvalue weighted by Gasteiger charge is 2.11. The van der Waals surface area contributed by atoms with E-state index < -0.39 is 0 Å². The average Bonchev–Trinajstić information content (AvgIpc) is 2.75. The third-order valence-corrected chi connectivity index (χ3v) is 6.22. The van der Waals surface area contributed by atoms with E-state index in [0.29, 0.717) is 49.2 Å². The number of hydrogen-bond acceptors (Lipinski definition) is 4. The molecule has 162 valence electrons. The van der Waals surface area contributed by atoms with E-state index in [-0.39, 0.29) is 5.56 Å². The smallest absolute Gasteiger partial charge is 0.282 e. The standard InChI is InChI=1S/C23H15Br2Cl2N3O2/c1-13-29-21-7-4-16(24)10-18(21)23(31)30(13)28-11-15-8-19(25)22(20(27)9-15)32-12-14-2-5-17(26)6-3-14/h2-11H,12H2,1H3. The summed E-state index contributed by atoms with van der Waals surface area (Å²) in [7, 11) is 0. The zero-order valence-corrected chi connectivity index (χ0v) is 21.3. The van der Waals surface area contributed by atoms with E-state index >= 15 is 0 Å². The van der Waals surface area contributed by atoms with E-state index in [9.17, 15) is 4.79 Å². The zero-order valence-electron chi connectivity index (χ0n) is 16.7. The zero-order chi connectivity index (χ0) is 22.8. The first-order valence-electron chi connectivity index (χ1n) is 9.41. The van der Waals surface area contributed by atoms with Crippen LogP contribution in [0.5, 0.6) is 5.75 Å². The lowest BCUT2D eigenvalue weighted by atomic mass is 10.2. The monoisotopic (exact) mass is 593 g/mol. The number of aryl methyl sites for hydroxylation is 1. The molecular formula is C23H15Br2Cl2N3O2. The van der Waals surface area contributed by atoms with Crippen molar-refractivity contribution < 1.29 is 4.74 Å². The third-order valence-electron chi connectivity index (χ3n) is 4.61. The number of ether oxygens (including phenoxy) is 1. The van der Waals surface area contributed by atoms with Crippen LogP contribution in [0.25, 0.3) is 10.9 Å². The topological polar surface area (TPSA) is 56.5 Å². The van der Waals surface area contributed by atoms with Gasteiger partial charge in [0.05, 0.1) is 26.6 Å². The molecular weight excluding hydrogens is 581 g/mol. The molecule has 0 aliphatic carbocycles. The van der Waals surface area contributed by atoms with Crippen LogP contribution in [0.1, 0.15) is 17.0 Å². The number of hydrogen-bond donors (Lipinski definition) is 0. The van der Waals surface area contributed by atoms with Crippen molar-refractivity contribution in [3.05, 3.63) is 101 Å². The Labute approximate surface area is 210 Å². The highest BCUT2D eigenvalue weighted by atomic mass is 79.9. The van der Waals surface area contributed by atoms with Crippen LogP contribution in [-0.2, 0) is 6.61 Å². The van der Waals surface area contributed by atoms with Crippen molar-refractivity contribution in [2.75, 3.05) is 0 Å². The summed E-state index contributed by atoms with van der Waals surface area (Å²) in [6.45, 7) is 2.08. The molecule has 5 nitrogen and oxygen atoms in total. The minimum atomic E-state index is -0.252. The molecule has 0 bridgehead atoms. The molecule has 0 saturated heterocycles. The first kappa shape index (κ1) is 23.0. The van der Waals surface area contributed by atoms with Crippen LogP contribution >= 0.6 is 55.1 Å². The minimum Gasteiger partial charge on any atom is -0.486 e. The fourth-order valence-corrected chi connectivity index (χ4v) is 4.52. The Bertz CT molecular complexity index is 1380. The molecule has 0 radical (unpaired) electrons. The van der Waals surface area contributed by atoms with Gasteiger partial charge in [-0.05, 0) is 76.4 Å². The average molecular weight is 596 g/mol. The van der Waals surface area contributed by atoms with Gasteiger partial charge in [-0.3, -0.25) is 4.79 Å². The second kappa shape index (κ2) is 9.75. The van der Waals surface area contributed by atoms with Gasteiger partial charge in [-0.15, -0.1) is 0 Å². The van der Waals surface area contributed by atoms with Crippen LogP contribution in [0.2, 0.25) is 10.0 Å². The molecule has 32 heavy (non-hydrogen) atoms. The lowest BCUT2D eigenvalue weighted by molar-refractivity contribution is 0.304. The number of nitrogens with zero attached hydrogens (tertiary/aromatic N) is 3. The Morgan fingerprint density at radius 2 is 1.84 bits per heavy atom. The third kappa shape index (κ3) is 5.07. The molecule has 1 heterocycles. The summed E-state index contributed by atoms with van der Waals surface area (Å²) in [6.07, 6.45) is 1.56. The van der Waals surface area contributed by atoms with Crippen molar-refractivity contribution in [3.8, 4) is 5.75 Å². The van der Waals surface area contributed by atoms with Crippen molar-refractivity contribution in [1.82, 2.24) is 9.66 Å². The van der Waals surface area contributed by atoms with Crippen LogP contribution in [0.4, 0.5) is 0 Å². The van der Waals surface area contributed by atoms with E-state index in [2.05, 4.69) is 41.9 Å². The molecule has 0 aliphatic rings. The van der Waals surface area contributed by atoms with Gasteiger partial charge in [0.2, 0.25) is 0 Å². The van der Waals surface area contributed by atoms with Gasteiger partial charge in [-0.1, -0.05) is 51.3 Å². The summed E-state index contributed by atoms with van der Waals surface area (Å²) >= 11 is 19.2. The van der Waals surface area contributed by atoms with Gasteiger partial charge in [0, 0.05) is 9.50 Å². The first-order valence-corrected chi connectivity index (χ1v) is 11.8. The van der Waals surface area contributed by atoms with E-state index in [1.165, 1.54) is 4.68 Å². The molecule has 0 unspecified atom stereocenters. The van der Waals surface area contributed by atoms with Gasteiger partial charge in [-0.25, -0.2) is 4.98 Å². The van der Waals surface area contributed by atoms with Crippen LogP contribution in [0, 0.1) is 6.92 Å². The van der Waals surface area contributed by atoms with E-state index in [1.54, 1.807) is 43.5 Å². The number of fused-ring (bicyclic) bond motifs is 1. The Hall–Kier alpha value is -2.19. The molecule has 0 saturated carbocycles. The number of halogens is 4. The van der Waals surface area contributed by atoms with Crippen molar-refractivity contribution in [3.63, 3.8) is 0 Å². The first-order chi connectivity index (χ1) is 15.3. The molecule has 0 fully saturated rings. The Morgan fingerprint density at radius 3 is 2.56 bits per heavy atom. The van der Waals surface area contributed by atoms with Gasteiger partial charge in [-0.2, -0.15) is 9.78 Å². The van der Waals surface area contributed by atoms with E-state index in [0.717, 1.165) is 10.0 Å². The van der Waals surface area contributed by atoms with Crippen LogP contribution in [0.3, 0.4) is 0 Å². The highest BCUT2D eigenvalue weighted by molar-refractivity contribution is 9.10. The van der Waals surface area contributed by atoms with Crippen LogP contribution in [0.15, 0.2) is 73.4 Å². The number of rotatable bonds is 5. The minimum absolute atomic E-state index is 0.252. The maximum absolute atomic E-state index is 12.9. The maximum Gasteiger partial charge on any atom is 0.282 e. The molecule has 0 aliphatic heterocycles. The van der Waals surface area contributed by atoms with Crippen molar-refractivity contribution in [2.24, 2.45) is 5.10 Å². The highest BCUT2D eigenvalue weighted by Crippen LogP contribution is 2.34. The predicted molar refractivity (Wildman–Crippen MR) is 136 cm³/mol. The molecule has 4 aromatic rings. The van der Waals surface area contributed by atoms with Gasteiger partial charge in [0.25, 0.3) is 5.56 Å². The predicted octanol–water partition coefficient (Wildman–Crippen LogP) is 7.00. The van der Waals surface area contributed by atoms with Crippen molar-refractivity contribution in [1.29, 1.82) is 0 Å². The SMILES string of the molecule is Cc1nc2ccc(Br)cc2c(=O)n1N=Cc1cc(Cl)c(OCc2ccc(Cl)cc2)c(Br)c1.